The standard InChI is InChI=1S/C19H22FN3O4S/c1-19(2,3)27-18(26)23-13(8-10-6-7-21-16(10)25)15(24)17-22-12-9-11(20)4-5-14(12)28-17/h4-5,9-10,13H,6-8H2,1-3H3,(H,21,25)(H,23,26)/t10-,13-/m0/s1. The molecule has 0 spiro atoms. The number of ketones is 1. The summed E-state index contributed by atoms with van der Waals surface area (Å²) in [6.45, 7) is 5.69. The largest absolute Gasteiger partial charge is 0.444 e. The average molecular weight is 407 g/mol. The lowest BCUT2D eigenvalue weighted by Crippen LogP contribution is -2.45. The number of nitrogens with one attached hydrogen (secondary N) is 2. The van der Waals surface area contributed by atoms with Crippen molar-refractivity contribution in [2.45, 2.75) is 45.3 Å². The fourth-order valence-electron chi connectivity index (χ4n) is 2.99. The van der Waals surface area contributed by atoms with E-state index in [0.29, 0.717) is 23.2 Å². The minimum atomic E-state index is -0.964. The first kappa shape index (κ1) is 20.2. The molecule has 0 aliphatic carbocycles. The summed E-state index contributed by atoms with van der Waals surface area (Å²) in [6, 6.07) is 3.14. The summed E-state index contributed by atoms with van der Waals surface area (Å²) in [5, 5.41) is 5.45. The maximum absolute atomic E-state index is 13.4. The summed E-state index contributed by atoms with van der Waals surface area (Å²) in [5.41, 5.74) is -0.349. The molecule has 1 aliphatic rings. The van der Waals surface area contributed by atoms with Gasteiger partial charge in [-0.25, -0.2) is 14.2 Å². The summed E-state index contributed by atoms with van der Waals surface area (Å²) >= 11 is 1.12. The smallest absolute Gasteiger partial charge is 0.408 e. The number of halogens is 1. The van der Waals surface area contributed by atoms with Crippen molar-refractivity contribution in [2.75, 3.05) is 6.54 Å². The molecule has 2 heterocycles. The van der Waals surface area contributed by atoms with E-state index in [9.17, 15) is 18.8 Å². The summed E-state index contributed by atoms with van der Waals surface area (Å²) in [7, 11) is 0. The third kappa shape index (κ3) is 4.83. The molecule has 0 saturated carbocycles. The Morgan fingerprint density at radius 3 is 2.82 bits per heavy atom. The number of thiazole rings is 1. The second-order valence-corrected chi connectivity index (χ2v) is 8.74. The first-order chi connectivity index (χ1) is 13.1. The Bertz CT molecular complexity index is 922. The highest BCUT2D eigenvalue weighted by atomic mass is 32.1. The zero-order valence-corrected chi connectivity index (χ0v) is 16.7. The highest BCUT2D eigenvalue weighted by molar-refractivity contribution is 7.20. The maximum atomic E-state index is 13.4. The van der Waals surface area contributed by atoms with Crippen molar-refractivity contribution in [1.29, 1.82) is 0 Å². The van der Waals surface area contributed by atoms with Crippen LogP contribution in [0.2, 0.25) is 0 Å². The number of fused-ring (bicyclic) bond motifs is 1. The number of rotatable bonds is 5. The number of alkyl carbamates (subject to hydrolysis) is 1. The molecule has 9 heteroatoms. The first-order valence-corrected chi connectivity index (χ1v) is 9.81. The summed E-state index contributed by atoms with van der Waals surface area (Å²) in [6.07, 6.45) is -0.00544. The van der Waals surface area contributed by atoms with Gasteiger partial charge in [-0.05, 0) is 45.7 Å². The van der Waals surface area contributed by atoms with Gasteiger partial charge in [-0.2, -0.15) is 0 Å². The molecule has 2 atom stereocenters. The Labute approximate surface area is 165 Å². The zero-order valence-electron chi connectivity index (χ0n) is 15.9. The van der Waals surface area contributed by atoms with Crippen LogP contribution in [0.5, 0.6) is 0 Å². The van der Waals surface area contributed by atoms with Crippen molar-refractivity contribution in [3.63, 3.8) is 0 Å². The number of Topliss-reactive ketones (excluding diaryl/α,β-unsaturated/α-hetero) is 1. The lowest BCUT2D eigenvalue weighted by molar-refractivity contribution is -0.122. The van der Waals surface area contributed by atoms with Gasteiger partial charge in [-0.3, -0.25) is 9.59 Å². The lowest BCUT2D eigenvalue weighted by Gasteiger charge is -2.23. The predicted octanol–water partition coefficient (Wildman–Crippen LogP) is 3.04. The Balaban J connectivity index is 1.83. The quantitative estimate of drug-likeness (QED) is 0.743. The van der Waals surface area contributed by atoms with Gasteiger partial charge in [0.2, 0.25) is 11.7 Å². The first-order valence-electron chi connectivity index (χ1n) is 9.00. The van der Waals surface area contributed by atoms with Gasteiger partial charge in [0.05, 0.1) is 16.3 Å². The molecule has 7 nitrogen and oxygen atoms in total. The summed E-state index contributed by atoms with van der Waals surface area (Å²) < 4.78 is 19.3. The van der Waals surface area contributed by atoms with Crippen LogP contribution < -0.4 is 10.6 Å². The highest BCUT2D eigenvalue weighted by Crippen LogP contribution is 2.26. The maximum Gasteiger partial charge on any atom is 0.408 e. The molecule has 1 saturated heterocycles. The van der Waals surface area contributed by atoms with E-state index in [4.69, 9.17) is 4.74 Å². The Hall–Kier alpha value is -2.55. The number of amides is 2. The number of hydrogen-bond acceptors (Lipinski definition) is 6. The minimum Gasteiger partial charge on any atom is -0.444 e. The molecular formula is C19H22FN3O4S. The Kier molecular flexibility index (Phi) is 5.64. The van der Waals surface area contributed by atoms with Gasteiger partial charge >= 0.3 is 6.09 Å². The van der Waals surface area contributed by atoms with E-state index in [1.54, 1.807) is 26.8 Å². The van der Waals surface area contributed by atoms with Crippen LogP contribution >= 0.6 is 11.3 Å². The number of ether oxygens (including phenoxy) is 1. The second-order valence-electron chi connectivity index (χ2n) is 7.71. The second kappa shape index (κ2) is 7.83. The van der Waals surface area contributed by atoms with Crippen LogP contribution in [0.25, 0.3) is 10.2 Å². The topological polar surface area (TPSA) is 97.4 Å². The normalized spacial score (nSPS) is 18.0. The molecule has 0 bridgehead atoms. The molecule has 1 aromatic carbocycles. The monoisotopic (exact) mass is 407 g/mol. The molecule has 28 heavy (non-hydrogen) atoms. The van der Waals surface area contributed by atoms with Crippen LogP contribution in [0, 0.1) is 11.7 Å². The van der Waals surface area contributed by atoms with Gasteiger partial charge in [0.15, 0.2) is 5.01 Å². The molecule has 2 aromatic rings. The molecule has 2 N–H and O–H groups in total. The number of carbonyl (C=O) groups excluding carboxylic acids is 3. The minimum absolute atomic E-state index is 0.143. The van der Waals surface area contributed by atoms with Crippen LogP contribution in [0.15, 0.2) is 18.2 Å². The van der Waals surface area contributed by atoms with E-state index in [0.717, 1.165) is 11.3 Å². The highest BCUT2D eigenvalue weighted by Gasteiger charge is 2.34. The number of aromatic nitrogens is 1. The predicted molar refractivity (Wildman–Crippen MR) is 103 cm³/mol. The Morgan fingerprint density at radius 2 is 2.18 bits per heavy atom. The fraction of sp³-hybridized carbons (Fsp3) is 0.474. The third-order valence-electron chi connectivity index (χ3n) is 4.25. The van der Waals surface area contributed by atoms with Gasteiger partial charge in [-0.1, -0.05) is 0 Å². The van der Waals surface area contributed by atoms with Crippen molar-refractivity contribution >= 4 is 39.3 Å². The fourth-order valence-corrected chi connectivity index (χ4v) is 3.93. The third-order valence-corrected chi connectivity index (χ3v) is 5.30. The van der Waals surface area contributed by atoms with E-state index in [1.165, 1.54) is 12.1 Å². The van der Waals surface area contributed by atoms with E-state index in [1.807, 2.05) is 0 Å². The van der Waals surface area contributed by atoms with E-state index >= 15 is 0 Å². The molecule has 1 aliphatic heterocycles. The van der Waals surface area contributed by atoms with Crippen molar-refractivity contribution in [3.05, 3.63) is 29.0 Å². The van der Waals surface area contributed by atoms with Gasteiger partial charge in [-0.15, -0.1) is 11.3 Å². The number of benzene rings is 1. The molecule has 150 valence electrons. The van der Waals surface area contributed by atoms with Gasteiger partial charge in [0, 0.05) is 18.5 Å². The number of carbonyl (C=O) groups is 3. The van der Waals surface area contributed by atoms with Crippen LogP contribution in [-0.4, -0.2) is 41.0 Å². The van der Waals surface area contributed by atoms with E-state index < -0.39 is 29.3 Å². The zero-order chi connectivity index (χ0) is 20.5. The summed E-state index contributed by atoms with van der Waals surface area (Å²) in [4.78, 5) is 41.4. The molecule has 0 unspecified atom stereocenters. The summed E-state index contributed by atoms with van der Waals surface area (Å²) in [5.74, 6) is -1.39. The van der Waals surface area contributed by atoms with Crippen molar-refractivity contribution in [2.24, 2.45) is 5.92 Å². The van der Waals surface area contributed by atoms with Crippen LogP contribution in [0.4, 0.5) is 9.18 Å². The molecule has 2 amide bonds. The van der Waals surface area contributed by atoms with Crippen LogP contribution in [0.1, 0.15) is 43.4 Å². The molecule has 0 radical (unpaired) electrons. The van der Waals surface area contributed by atoms with Crippen LogP contribution in [0.3, 0.4) is 0 Å². The lowest BCUT2D eigenvalue weighted by atomic mass is 9.96. The Morgan fingerprint density at radius 1 is 1.43 bits per heavy atom. The van der Waals surface area contributed by atoms with Gasteiger partial charge < -0.3 is 15.4 Å². The number of hydrogen-bond donors (Lipinski definition) is 2. The van der Waals surface area contributed by atoms with Crippen molar-refractivity contribution in [3.8, 4) is 0 Å². The van der Waals surface area contributed by atoms with Crippen molar-refractivity contribution in [1.82, 2.24) is 15.6 Å². The average Bonchev–Trinajstić information content (AvgIpc) is 3.17. The van der Waals surface area contributed by atoms with Crippen LogP contribution in [-0.2, 0) is 9.53 Å². The van der Waals surface area contributed by atoms with Gasteiger partial charge in [0.25, 0.3) is 0 Å². The molecule has 1 aromatic heterocycles. The van der Waals surface area contributed by atoms with Crippen molar-refractivity contribution < 1.29 is 23.5 Å². The number of nitrogens with zero attached hydrogens (tertiary/aromatic N) is 1. The van der Waals surface area contributed by atoms with Gasteiger partial charge in [0.1, 0.15) is 11.4 Å². The molecule has 1 fully saturated rings. The SMILES string of the molecule is CC(C)(C)OC(=O)N[C@@H](C[C@@H]1CCNC1=O)C(=O)c1nc2cc(F)ccc2s1. The van der Waals surface area contributed by atoms with E-state index in [-0.39, 0.29) is 23.3 Å². The molecule has 3 rings (SSSR count). The molecular weight excluding hydrogens is 385 g/mol. The van der Waals surface area contributed by atoms with E-state index in [2.05, 4.69) is 15.6 Å².